The van der Waals surface area contributed by atoms with Crippen molar-refractivity contribution >= 4 is 5.97 Å². The Morgan fingerprint density at radius 3 is 2.30 bits per heavy atom. The lowest BCUT2D eigenvalue weighted by molar-refractivity contribution is -0.147. The average Bonchev–Trinajstić information content (AvgIpc) is 3.01. The Morgan fingerprint density at radius 2 is 1.85 bits per heavy atom. The van der Waals surface area contributed by atoms with Gasteiger partial charge in [0.2, 0.25) is 0 Å². The van der Waals surface area contributed by atoms with Gasteiger partial charge in [0.25, 0.3) is 0 Å². The first-order chi connectivity index (χ1) is 9.51. The standard InChI is InChI=1S/C16H28N2O2/c1-11(2)17-16(15(19)20,14-6-7-14)10-18-8-12-4-3-5-13(12)9-18/h11-14,17H,3-10H2,1-2H3,(H,19,20). The van der Waals surface area contributed by atoms with Crippen molar-refractivity contribution in [1.29, 1.82) is 0 Å². The van der Waals surface area contributed by atoms with Crippen LogP contribution >= 0.6 is 0 Å². The minimum absolute atomic E-state index is 0.216. The normalized spacial score (nSPS) is 33.4. The van der Waals surface area contributed by atoms with Crippen molar-refractivity contribution in [2.45, 2.75) is 57.5 Å². The third kappa shape index (κ3) is 2.60. The van der Waals surface area contributed by atoms with Gasteiger partial charge in [0.15, 0.2) is 0 Å². The van der Waals surface area contributed by atoms with Crippen molar-refractivity contribution < 1.29 is 9.90 Å². The van der Waals surface area contributed by atoms with Crippen molar-refractivity contribution in [2.75, 3.05) is 19.6 Å². The van der Waals surface area contributed by atoms with Gasteiger partial charge in [-0.1, -0.05) is 6.42 Å². The van der Waals surface area contributed by atoms with Gasteiger partial charge >= 0.3 is 5.97 Å². The number of hydrogen-bond acceptors (Lipinski definition) is 3. The fourth-order valence-corrected chi connectivity index (χ4v) is 4.50. The molecule has 3 rings (SSSR count). The van der Waals surface area contributed by atoms with Gasteiger partial charge in [-0.15, -0.1) is 0 Å². The van der Waals surface area contributed by atoms with Crippen LogP contribution in [-0.4, -0.2) is 47.2 Å². The Labute approximate surface area is 121 Å². The van der Waals surface area contributed by atoms with Crippen LogP contribution in [0.2, 0.25) is 0 Å². The molecule has 1 aliphatic heterocycles. The van der Waals surface area contributed by atoms with E-state index < -0.39 is 11.5 Å². The van der Waals surface area contributed by atoms with Crippen LogP contribution in [0.1, 0.15) is 46.0 Å². The fourth-order valence-electron chi connectivity index (χ4n) is 4.50. The summed E-state index contributed by atoms with van der Waals surface area (Å²) in [6.45, 7) is 7.04. The van der Waals surface area contributed by atoms with Crippen LogP contribution in [0, 0.1) is 17.8 Å². The van der Waals surface area contributed by atoms with E-state index in [2.05, 4.69) is 24.1 Å². The van der Waals surface area contributed by atoms with Crippen molar-refractivity contribution in [2.24, 2.45) is 17.8 Å². The van der Waals surface area contributed by atoms with Crippen molar-refractivity contribution in [3.05, 3.63) is 0 Å². The quantitative estimate of drug-likeness (QED) is 0.781. The second-order valence-electron chi connectivity index (χ2n) is 7.49. The minimum Gasteiger partial charge on any atom is -0.480 e. The minimum atomic E-state index is -0.715. The molecule has 2 saturated carbocycles. The van der Waals surface area contributed by atoms with E-state index in [1.165, 1.54) is 19.3 Å². The average molecular weight is 280 g/mol. The lowest BCUT2D eigenvalue weighted by atomic mass is 9.91. The number of carboxylic acid groups (broad SMARTS) is 1. The lowest BCUT2D eigenvalue weighted by Crippen LogP contribution is -2.62. The number of fused-ring (bicyclic) bond motifs is 1. The summed E-state index contributed by atoms with van der Waals surface area (Å²) < 4.78 is 0. The van der Waals surface area contributed by atoms with Gasteiger partial charge in [-0.3, -0.25) is 10.1 Å². The van der Waals surface area contributed by atoms with Crippen LogP contribution in [-0.2, 0) is 4.79 Å². The van der Waals surface area contributed by atoms with Crippen molar-refractivity contribution in [3.63, 3.8) is 0 Å². The van der Waals surface area contributed by atoms with Gasteiger partial charge in [0.05, 0.1) is 0 Å². The van der Waals surface area contributed by atoms with E-state index in [4.69, 9.17) is 0 Å². The molecule has 0 aromatic heterocycles. The molecule has 0 radical (unpaired) electrons. The van der Waals surface area contributed by atoms with Crippen molar-refractivity contribution in [1.82, 2.24) is 10.2 Å². The van der Waals surface area contributed by atoms with E-state index in [-0.39, 0.29) is 6.04 Å². The summed E-state index contributed by atoms with van der Waals surface area (Å²) in [5.74, 6) is 1.34. The van der Waals surface area contributed by atoms with Gasteiger partial charge in [-0.05, 0) is 57.3 Å². The van der Waals surface area contributed by atoms with Gasteiger partial charge < -0.3 is 10.0 Å². The van der Waals surface area contributed by atoms with Crippen LogP contribution in [0.15, 0.2) is 0 Å². The Balaban J connectivity index is 1.71. The molecule has 3 fully saturated rings. The highest BCUT2D eigenvalue weighted by Crippen LogP contribution is 2.43. The Bertz CT molecular complexity index is 369. The molecule has 1 saturated heterocycles. The van der Waals surface area contributed by atoms with Gasteiger partial charge in [-0.2, -0.15) is 0 Å². The highest BCUT2D eigenvalue weighted by molar-refractivity contribution is 5.80. The number of nitrogens with one attached hydrogen (secondary N) is 1. The molecule has 0 aromatic carbocycles. The number of nitrogens with zero attached hydrogens (tertiary/aromatic N) is 1. The zero-order valence-corrected chi connectivity index (χ0v) is 12.8. The summed E-state index contributed by atoms with van der Waals surface area (Å²) in [6, 6.07) is 0.216. The summed E-state index contributed by atoms with van der Waals surface area (Å²) in [7, 11) is 0. The molecule has 0 amide bonds. The number of likely N-dealkylation sites (tertiary alicyclic amines) is 1. The molecule has 0 aromatic rings. The number of hydrogen-bond donors (Lipinski definition) is 2. The molecule has 1 heterocycles. The molecule has 3 atom stereocenters. The molecule has 3 aliphatic rings. The summed E-state index contributed by atoms with van der Waals surface area (Å²) in [4.78, 5) is 14.4. The molecule has 2 aliphatic carbocycles. The highest BCUT2D eigenvalue weighted by atomic mass is 16.4. The maximum absolute atomic E-state index is 12.0. The topological polar surface area (TPSA) is 52.6 Å². The number of aliphatic carboxylic acids is 1. The zero-order valence-electron chi connectivity index (χ0n) is 12.8. The molecule has 4 heteroatoms. The number of rotatable bonds is 6. The summed E-state index contributed by atoms with van der Waals surface area (Å²) in [6.07, 6.45) is 6.20. The number of carboxylic acids is 1. The SMILES string of the molecule is CC(C)NC(CN1CC2CCCC2C1)(C(=O)O)C1CC1. The van der Waals surface area contributed by atoms with Crippen molar-refractivity contribution in [3.8, 4) is 0 Å². The largest absolute Gasteiger partial charge is 0.480 e. The third-order valence-electron chi connectivity index (χ3n) is 5.48. The maximum Gasteiger partial charge on any atom is 0.325 e. The molecule has 20 heavy (non-hydrogen) atoms. The van der Waals surface area contributed by atoms with E-state index in [1.807, 2.05) is 0 Å². The van der Waals surface area contributed by atoms with Gasteiger partial charge in [-0.25, -0.2) is 0 Å². The Kier molecular flexibility index (Phi) is 3.80. The van der Waals surface area contributed by atoms with E-state index in [0.717, 1.165) is 37.8 Å². The predicted octanol–water partition coefficient (Wildman–Crippen LogP) is 1.95. The first-order valence-electron chi connectivity index (χ1n) is 8.24. The van der Waals surface area contributed by atoms with E-state index in [1.54, 1.807) is 0 Å². The second kappa shape index (κ2) is 5.30. The Morgan fingerprint density at radius 1 is 1.25 bits per heavy atom. The molecule has 2 N–H and O–H groups in total. The maximum atomic E-state index is 12.0. The summed E-state index contributed by atoms with van der Waals surface area (Å²) >= 11 is 0. The monoisotopic (exact) mass is 280 g/mol. The Hall–Kier alpha value is -0.610. The van der Waals surface area contributed by atoms with Gasteiger partial charge in [0, 0.05) is 25.7 Å². The molecule has 114 valence electrons. The lowest BCUT2D eigenvalue weighted by Gasteiger charge is -2.36. The first-order valence-corrected chi connectivity index (χ1v) is 8.24. The van der Waals surface area contributed by atoms with Gasteiger partial charge in [0.1, 0.15) is 5.54 Å². The third-order valence-corrected chi connectivity index (χ3v) is 5.48. The first kappa shape index (κ1) is 14.3. The van der Waals surface area contributed by atoms with Crippen LogP contribution in [0.4, 0.5) is 0 Å². The molecule has 4 nitrogen and oxygen atoms in total. The zero-order chi connectivity index (χ0) is 14.3. The molecule has 0 bridgehead atoms. The van der Waals surface area contributed by atoms with Crippen LogP contribution in [0.25, 0.3) is 0 Å². The predicted molar refractivity (Wildman–Crippen MR) is 78.6 cm³/mol. The van der Waals surface area contributed by atoms with E-state index in [9.17, 15) is 9.90 Å². The molecular formula is C16H28N2O2. The smallest absolute Gasteiger partial charge is 0.325 e. The highest BCUT2D eigenvalue weighted by Gasteiger charge is 2.53. The van der Waals surface area contributed by atoms with E-state index in [0.29, 0.717) is 12.5 Å². The fraction of sp³-hybridized carbons (Fsp3) is 0.938. The van der Waals surface area contributed by atoms with Crippen LogP contribution in [0.3, 0.4) is 0 Å². The van der Waals surface area contributed by atoms with Crippen LogP contribution < -0.4 is 5.32 Å². The van der Waals surface area contributed by atoms with E-state index >= 15 is 0 Å². The molecule has 0 spiro atoms. The summed E-state index contributed by atoms with van der Waals surface area (Å²) in [5, 5.41) is 13.3. The second-order valence-corrected chi connectivity index (χ2v) is 7.49. The molecular weight excluding hydrogens is 252 g/mol. The number of carbonyl (C=O) groups is 1. The summed E-state index contributed by atoms with van der Waals surface area (Å²) in [5.41, 5.74) is -0.715. The molecule has 3 unspecified atom stereocenters. The van der Waals surface area contributed by atoms with Crippen LogP contribution in [0.5, 0.6) is 0 Å².